The fourth-order valence-electron chi connectivity index (χ4n) is 2.43. The molecule has 0 radical (unpaired) electrons. The van der Waals surface area contributed by atoms with Crippen molar-refractivity contribution in [3.05, 3.63) is 41.1 Å². The molecule has 0 N–H and O–H groups in total. The topological polar surface area (TPSA) is 4.93 Å². The van der Waals surface area contributed by atoms with E-state index in [2.05, 4.69) is 0 Å². The summed E-state index contributed by atoms with van der Waals surface area (Å²) in [4.78, 5) is 0. The highest BCUT2D eigenvalue weighted by Crippen LogP contribution is 2.33. The van der Waals surface area contributed by atoms with E-state index in [1.165, 1.54) is 18.2 Å². The number of hydrogen-bond acceptors (Lipinski definition) is 0. The SMILES string of the molecule is Cn1c2c(c3cc(F)ccc31)C=C(F)CC2. The summed E-state index contributed by atoms with van der Waals surface area (Å²) >= 11 is 0. The minimum atomic E-state index is -0.278. The molecule has 82 valence electrons. The highest BCUT2D eigenvalue weighted by Gasteiger charge is 2.18. The van der Waals surface area contributed by atoms with Gasteiger partial charge in [0.2, 0.25) is 0 Å². The monoisotopic (exact) mass is 219 g/mol. The number of aryl methyl sites for hydroxylation is 1. The van der Waals surface area contributed by atoms with Gasteiger partial charge in [-0.3, -0.25) is 0 Å². The van der Waals surface area contributed by atoms with E-state index in [-0.39, 0.29) is 11.6 Å². The molecule has 1 aromatic heterocycles. The lowest BCUT2D eigenvalue weighted by atomic mass is 10.0. The Morgan fingerprint density at radius 1 is 1.19 bits per heavy atom. The molecular weight excluding hydrogens is 208 g/mol. The molecule has 0 atom stereocenters. The Hall–Kier alpha value is -1.64. The van der Waals surface area contributed by atoms with Crippen LogP contribution >= 0.6 is 0 Å². The Morgan fingerprint density at radius 2 is 2.00 bits per heavy atom. The van der Waals surface area contributed by atoms with E-state index in [9.17, 15) is 8.78 Å². The zero-order chi connectivity index (χ0) is 11.3. The molecule has 0 amide bonds. The second-order valence-electron chi connectivity index (χ2n) is 4.17. The Balaban J connectivity index is 2.43. The number of fused-ring (bicyclic) bond motifs is 3. The standard InChI is InChI=1S/C13H11F2N/c1-16-12-4-2-8(14)6-10(12)11-7-9(15)3-5-13(11)16/h2,4,6-7H,3,5H2,1H3. The quantitative estimate of drug-likeness (QED) is 0.638. The van der Waals surface area contributed by atoms with Crippen LogP contribution < -0.4 is 0 Å². The van der Waals surface area contributed by atoms with Gasteiger partial charge in [0, 0.05) is 35.6 Å². The van der Waals surface area contributed by atoms with Gasteiger partial charge in [0.25, 0.3) is 0 Å². The van der Waals surface area contributed by atoms with Gasteiger partial charge in [0.1, 0.15) is 11.6 Å². The van der Waals surface area contributed by atoms with Crippen molar-refractivity contribution in [3.8, 4) is 0 Å². The molecule has 0 aliphatic heterocycles. The third-order valence-corrected chi connectivity index (χ3v) is 3.23. The van der Waals surface area contributed by atoms with Crippen molar-refractivity contribution in [1.29, 1.82) is 0 Å². The average Bonchev–Trinajstić information content (AvgIpc) is 2.52. The van der Waals surface area contributed by atoms with Crippen molar-refractivity contribution in [2.45, 2.75) is 12.8 Å². The molecule has 3 rings (SSSR count). The molecule has 0 spiro atoms. The van der Waals surface area contributed by atoms with Crippen LogP contribution in [0.15, 0.2) is 24.0 Å². The fourth-order valence-corrected chi connectivity index (χ4v) is 2.43. The fraction of sp³-hybridized carbons (Fsp3) is 0.231. The molecule has 2 aromatic rings. The van der Waals surface area contributed by atoms with Crippen LogP contribution in [-0.2, 0) is 13.5 Å². The van der Waals surface area contributed by atoms with Crippen LogP contribution in [-0.4, -0.2) is 4.57 Å². The van der Waals surface area contributed by atoms with Gasteiger partial charge in [-0.15, -0.1) is 0 Å². The summed E-state index contributed by atoms with van der Waals surface area (Å²) < 4.78 is 28.5. The van der Waals surface area contributed by atoms with E-state index >= 15 is 0 Å². The summed E-state index contributed by atoms with van der Waals surface area (Å²) in [5, 5.41) is 0.798. The summed E-state index contributed by atoms with van der Waals surface area (Å²) in [5.41, 5.74) is 2.88. The molecule has 3 heteroatoms. The van der Waals surface area contributed by atoms with Gasteiger partial charge in [0.15, 0.2) is 0 Å². The number of rotatable bonds is 0. The number of halogens is 2. The molecule has 0 saturated heterocycles. The maximum absolute atomic E-state index is 13.3. The maximum Gasteiger partial charge on any atom is 0.123 e. The summed E-state index contributed by atoms with van der Waals surface area (Å²) in [7, 11) is 1.94. The number of benzene rings is 1. The lowest BCUT2D eigenvalue weighted by Gasteiger charge is -2.09. The van der Waals surface area contributed by atoms with Crippen molar-refractivity contribution < 1.29 is 8.78 Å². The lowest BCUT2D eigenvalue weighted by Crippen LogP contribution is -2.01. The van der Waals surface area contributed by atoms with Crippen LogP contribution in [0.4, 0.5) is 8.78 Å². The number of hydrogen-bond donors (Lipinski definition) is 0. The van der Waals surface area contributed by atoms with Crippen LogP contribution in [0.3, 0.4) is 0 Å². The van der Waals surface area contributed by atoms with E-state index in [1.54, 1.807) is 6.07 Å². The highest BCUT2D eigenvalue weighted by atomic mass is 19.1. The normalized spacial score (nSPS) is 15.1. The molecule has 1 aliphatic rings. The lowest BCUT2D eigenvalue weighted by molar-refractivity contribution is 0.584. The Kier molecular flexibility index (Phi) is 1.90. The Bertz CT molecular complexity index is 608. The van der Waals surface area contributed by atoms with E-state index < -0.39 is 0 Å². The predicted octanol–water partition coefficient (Wildman–Crippen LogP) is 3.57. The first kappa shape index (κ1) is 9.58. The summed E-state index contributed by atoms with van der Waals surface area (Å²) in [5.74, 6) is -0.399. The van der Waals surface area contributed by atoms with Gasteiger partial charge in [-0.1, -0.05) is 0 Å². The minimum Gasteiger partial charge on any atom is -0.347 e. The van der Waals surface area contributed by atoms with Gasteiger partial charge in [0.05, 0.1) is 0 Å². The minimum absolute atomic E-state index is 0.121. The van der Waals surface area contributed by atoms with Gasteiger partial charge in [-0.25, -0.2) is 8.78 Å². The average molecular weight is 219 g/mol. The molecule has 0 saturated carbocycles. The molecule has 0 bridgehead atoms. The third-order valence-electron chi connectivity index (χ3n) is 3.23. The molecule has 16 heavy (non-hydrogen) atoms. The second-order valence-corrected chi connectivity index (χ2v) is 4.17. The van der Waals surface area contributed by atoms with Crippen LogP contribution in [0.5, 0.6) is 0 Å². The number of allylic oxidation sites excluding steroid dienone is 1. The van der Waals surface area contributed by atoms with Crippen molar-refractivity contribution >= 4 is 17.0 Å². The number of nitrogens with zero attached hydrogens (tertiary/aromatic N) is 1. The molecule has 1 aromatic carbocycles. The van der Waals surface area contributed by atoms with Crippen LogP contribution in [0, 0.1) is 5.82 Å². The van der Waals surface area contributed by atoms with Crippen LogP contribution in [0.1, 0.15) is 17.7 Å². The zero-order valence-electron chi connectivity index (χ0n) is 8.93. The molecule has 0 unspecified atom stereocenters. The van der Waals surface area contributed by atoms with Crippen molar-refractivity contribution in [2.75, 3.05) is 0 Å². The van der Waals surface area contributed by atoms with E-state index in [0.717, 1.165) is 22.2 Å². The first-order valence-corrected chi connectivity index (χ1v) is 5.29. The predicted molar refractivity (Wildman–Crippen MR) is 60.3 cm³/mol. The maximum atomic E-state index is 13.3. The van der Waals surface area contributed by atoms with Gasteiger partial charge >= 0.3 is 0 Å². The molecular formula is C13H11F2N. The van der Waals surface area contributed by atoms with Crippen molar-refractivity contribution in [1.82, 2.24) is 4.57 Å². The van der Waals surface area contributed by atoms with E-state index in [4.69, 9.17) is 0 Å². The third kappa shape index (κ3) is 1.21. The summed E-state index contributed by atoms with van der Waals surface area (Å²) in [6, 6.07) is 4.66. The largest absolute Gasteiger partial charge is 0.347 e. The second kappa shape index (κ2) is 3.17. The van der Waals surface area contributed by atoms with Gasteiger partial charge in [-0.05, 0) is 30.7 Å². The van der Waals surface area contributed by atoms with E-state index in [0.29, 0.717) is 12.8 Å². The molecule has 1 nitrogen and oxygen atoms in total. The smallest absolute Gasteiger partial charge is 0.123 e. The van der Waals surface area contributed by atoms with Gasteiger partial charge < -0.3 is 4.57 Å². The Labute approximate surface area is 92.0 Å². The molecule has 1 heterocycles. The zero-order valence-corrected chi connectivity index (χ0v) is 8.93. The summed E-state index contributed by atoms with van der Waals surface area (Å²) in [6.07, 6.45) is 2.66. The summed E-state index contributed by atoms with van der Waals surface area (Å²) in [6.45, 7) is 0. The molecule has 0 fully saturated rings. The van der Waals surface area contributed by atoms with Crippen molar-refractivity contribution in [3.63, 3.8) is 0 Å². The van der Waals surface area contributed by atoms with Crippen LogP contribution in [0.25, 0.3) is 17.0 Å². The first-order chi connectivity index (χ1) is 7.66. The molecule has 1 aliphatic carbocycles. The first-order valence-electron chi connectivity index (χ1n) is 5.29. The Morgan fingerprint density at radius 3 is 2.81 bits per heavy atom. The van der Waals surface area contributed by atoms with E-state index in [1.807, 2.05) is 11.6 Å². The number of aromatic nitrogens is 1. The van der Waals surface area contributed by atoms with Crippen LogP contribution in [0.2, 0.25) is 0 Å². The van der Waals surface area contributed by atoms with Crippen molar-refractivity contribution in [2.24, 2.45) is 7.05 Å². The highest BCUT2D eigenvalue weighted by molar-refractivity contribution is 5.92. The van der Waals surface area contributed by atoms with Gasteiger partial charge in [-0.2, -0.15) is 0 Å².